The van der Waals surface area contributed by atoms with Crippen LogP contribution in [-0.4, -0.2) is 57.1 Å². The Kier molecular flexibility index (Phi) is 5.84. The Bertz CT molecular complexity index is 559. The summed E-state index contributed by atoms with van der Waals surface area (Å²) >= 11 is 0. The quantitative estimate of drug-likeness (QED) is 0.858. The van der Waals surface area contributed by atoms with E-state index < -0.39 is 0 Å². The van der Waals surface area contributed by atoms with Crippen LogP contribution in [0.4, 0.5) is 10.5 Å². The zero-order valence-electron chi connectivity index (χ0n) is 14.1. The molecule has 1 unspecified atom stereocenters. The summed E-state index contributed by atoms with van der Waals surface area (Å²) < 4.78 is 0. The predicted octanol–water partition coefficient (Wildman–Crippen LogP) is 1.21. The van der Waals surface area contributed by atoms with Crippen molar-refractivity contribution < 1.29 is 9.59 Å². The third-order valence-electron chi connectivity index (χ3n) is 4.05. The van der Waals surface area contributed by atoms with Crippen molar-refractivity contribution >= 4 is 17.6 Å². The Hall–Kier alpha value is -2.24. The first kappa shape index (κ1) is 17.1. The number of carbonyl (C=O) groups excluding carboxylic acids is 2. The van der Waals surface area contributed by atoms with Crippen LogP contribution in [0.3, 0.4) is 0 Å². The fraction of sp³-hybridized carbons (Fsp3) is 0.529. The van der Waals surface area contributed by atoms with E-state index in [-0.39, 0.29) is 18.5 Å². The van der Waals surface area contributed by atoms with E-state index in [1.807, 2.05) is 0 Å². The Balaban J connectivity index is 1.71. The highest BCUT2D eigenvalue weighted by Crippen LogP contribution is 2.24. The Labute approximate surface area is 137 Å². The molecule has 1 atom stereocenters. The molecule has 1 fully saturated rings. The van der Waals surface area contributed by atoms with E-state index in [2.05, 4.69) is 46.7 Å². The summed E-state index contributed by atoms with van der Waals surface area (Å²) in [6.45, 7) is 4.73. The maximum absolute atomic E-state index is 11.8. The van der Waals surface area contributed by atoms with E-state index in [0.717, 1.165) is 19.5 Å². The van der Waals surface area contributed by atoms with Gasteiger partial charge in [-0.15, -0.1) is 0 Å². The van der Waals surface area contributed by atoms with Crippen LogP contribution >= 0.6 is 0 Å². The molecule has 1 aromatic rings. The molecule has 0 saturated carbocycles. The number of urea groups is 1. The molecule has 0 aromatic heterocycles. The van der Waals surface area contributed by atoms with Crippen LogP contribution in [-0.2, 0) is 4.79 Å². The van der Waals surface area contributed by atoms with Gasteiger partial charge in [-0.05, 0) is 37.0 Å². The van der Waals surface area contributed by atoms with Crippen molar-refractivity contribution in [1.82, 2.24) is 15.5 Å². The average Bonchev–Trinajstić information content (AvgIpc) is 2.99. The van der Waals surface area contributed by atoms with Gasteiger partial charge in [-0.2, -0.15) is 0 Å². The van der Waals surface area contributed by atoms with Gasteiger partial charge in [0.05, 0.1) is 6.54 Å². The number of aryl methyl sites for hydroxylation is 1. The molecule has 0 radical (unpaired) electrons. The molecule has 3 amide bonds. The van der Waals surface area contributed by atoms with Crippen LogP contribution in [0.15, 0.2) is 24.3 Å². The molecule has 1 aliphatic heterocycles. The summed E-state index contributed by atoms with van der Waals surface area (Å²) in [4.78, 5) is 26.9. The maximum Gasteiger partial charge on any atom is 0.317 e. The number of hydrogen-bond donors (Lipinski definition) is 2. The molecule has 2 N–H and O–H groups in total. The Morgan fingerprint density at radius 3 is 2.78 bits per heavy atom. The van der Waals surface area contributed by atoms with Gasteiger partial charge in [0.15, 0.2) is 0 Å². The van der Waals surface area contributed by atoms with Crippen molar-refractivity contribution in [2.24, 2.45) is 5.92 Å². The average molecular weight is 318 g/mol. The monoisotopic (exact) mass is 318 g/mol. The van der Waals surface area contributed by atoms with Gasteiger partial charge < -0.3 is 20.4 Å². The zero-order valence-corrected chi connectivity index (χ0v) is 14.1. The van der Waals surface area contributed by atoms with Gasteiger partial charge in [-0.1, -0.05) is 12.1 Å². The number of anilines is 1. The first-order valence-corrected chi connectivity index (χ1v) is 7.99. The van der Waals surface area contributed by atoms with E-state index in [1.54, 1.807) is 14.1 Å². The smallest absolute Gasteiger partial charge is 0.317 e. The molecule has 126 valence electrons. The molecule has 23 heavy (non-hydrogen) atoms. The molecule has 1 aromatic carbocycles. The summed E-state index contributed by atoms with van der Waals surface area (Å²) in [5.41, 5.74) is 2.51. The van der Waals surface area contributed by atoms with Crippen molar-refractivity contribution in [3.8, 4) is 0 Å². The molecule has 2 rings (SSSR count). The minimum absolute atomic E-state index is 0.0192. The van der Waals surface area contributed by atoms with Crippen molar-refractivity contribution in [2.45, 2.75) is 13.3 Å². The molecule has 1 heterocycles. The van der Waals surface area contributed by atoms with Gasteiger partial charge in [0.1, 0.15) is 0 Å². The molecule has 1 saturated heterocycles. The van der Waals surface area contributed by atoms with Crippen LogP contribution in [0.5, 0.6) is 0 Å². The lowest BCUT2D eigenvalue weighted by molar-refractivity contribution is -0.120. The molecular formula is C17H26N4O2. The number of nitrogens with one attached hydrogen (secondary N) is 2. The highest BCUT2D eigenvalue weighted by molar-refractivity contribution is 5.83. The van der Waals surface area contributed by atoms with E-state index in [1.165, 1.54) is 16.2 Å². The van der Waals surface area contributed by atoms with Gasteiger partial charge in [0.25, 0.3) is 0 Å². The third-order valence-corrected chi connectivity index (χ3v) is 4.05. The minimum Gasteiger partial charge on any atom is -0.371 e. The first-order chi connectivity index (χ1) is 11.0. The van der Waals surface area contributed by atoms with Gasteiger partial charge in [-0.3, -0.25) is 4.79 Å². The molecular weight excluding hydrogens is 292 g/mol. The van der Waals surface area contributed by atoms with Crippen molar-refractivity contribution in [3.63, 3.8) is 0 Å². The highest BCUT2D eigenvalue weighted by atomic mass is 16.2. The van der Waals surface area contributed by atoms with Gasteiger partial charge in [-0.25, -0.2) is 4.79 Å². The van der Waals surface area contributed by atoms with E-state index in [0.29, 0.717) is 12.5 Å². The van der Waals surface area contributed by atoms with Crippen molar-refractivity contribution in [2.75, 3.05) is 45.2 Å². The lowest BCUT2D eigenvalue weighted by Crippen LogP contribution is -2.42. The second-order valence-corrected chi connectivity index (χ2v) is 6.30. The number of rotatable bonds is 5. The first-order valence-electron chi connectivity index (χ1n) is 7.99. The van der Waals surface area contributed by atoms with Crippen molar-refractivity contribution in [3.05, 3.63) is 29.8 Å². The van der Waals surface area contributed by atoms with E-state index >= 15 is 0 Å². The highest BCUT2D eigenvalue weighted by Gasteiger charge is 2.23. The third kappa shape index (κ3) is 5.16. The van der Waals surface area contributed by atoms with E-state index in [4.69, 9.17) is 0 Å². The fourth-order valence-electron chi connectivity index (χ4n) is 2.69. The lowest BCUT2D eigenvalue weighted by Gasteiger charge is -2.19. The number of benzene rings is 1. The maximum atomic E-state index is 11.8. The second kappa shape index (κ2) is 7.85. The summed E-state index contributed by atoms with van der Waals surface area (Å²) in [7, 11) is 3.29. The van der Waals surface area contributed by atoms with Crippen LogP contribution in [0.1, 0.15) is 12.0 Å². The summed E-state index contributed by atoms with van der Waals surface area (Å²) in [6.07, 6.45) is 1.07. The van der Waals surface area contributed by atoms with Crippen LogP contribution in [0.25, 0.3) is 0 Å². The largest absolute Gasteiger partial charge is 0.371 e. The predicted molar refractivity (Wildman–Crippen MR) is 91.6 cm³/mol. The number of amides is 3. The second-order valence-electron chi connectivity index (χ2n) is 6.30. The lowest BCUT2D eigenvalue weighted by atomic mass is 10.1. The molecule has 6 heteroatoms. The SMILES string of the molecule is Cc1cccc(N2CCC(CNC(=O)CNC(=O)N(C)C)C2)c1. The molecule has 6 nitrogen and oxygen atoms in total. The van der Waals surface area contributed by atoms with E-state index in [9.17, 15) is 9.59 Å². The van der Waals surface area contributed by atoms with Crippen molar-refractivity contribution in [1.29, 1.82) is 0 Å². The molecule has 0 bridgehead atoms. The van der Waals surface area contributed by atoms with Crippen LogP contribution < -0.4 is 15.5 Å². The molecule has 0 aliphatic carbocycles. The van der Waals surface area contributed by atoms with Gasteiger partial charge in [0, 0.05) is 39.4 Å². The van der Waals surface area contributed by atoms with Gasteiger partial charge in [0.2, 0.25) is 5.91 Å². The molecule has 1 aliphatic rings. The normalized spacial score (nSPS) is 17.0. The van der Waals surface area contributed by atoms with Gasteiger partial charge >= 0.3 is 6.03 Å². The topological polar surface area (TPSA) is 64.7 Å². The Morgan fingerprint density at radius 1 is 1.30 bits per heavy atom. The van der Waals surface area contributed by atoms with Crippen LogP contribution in [0.2, 0.25) is 0 Å². The molecule has 0 spiro atoms. The summed E-state index contributed by atoms with van der Waals surface area (Å²) in [5, 5.41) is 5.47. The number of carbonyl (C=O) groups is 2. The summed E-state index contributed by atoms with van der Waals surface area (Å²) in [5.74, 6) is 0.304. The number of nitrogens with zero attached hydrogens (tertiary/aromatic N) is 2. The van der Waals surface area contributed by atoms with Crippen LogP contribution in [0, 0.1) is 12.8 Å². The Morgan fingerprint density at radius 2 is 2.09 bits per heavy atom. The fourth-order valence-corrected chi connectivity index (χ4v) is 2.69. The summed E-state index contributed by atoms with van der Waals surface area (Å²) in [6, 6.07) is 8.24. The minimum atomic E-state index is -0.258. The number of hydrogen-bond acceptors (Lipinski definition) is 3. The zero-order chi connectivity index (χ0) is 16.8. The standard InChI is InChI=1S/C17H26N4O2/c1-13-5-4-6-15(9-13)21-8-7-14(12-21)10-18-16(22)11-19-17(23)20(2)3/h4-6,9,14H,7-8,10-12H2,1-3H3,(H,18,22)(H,19,23).